The van der Waals surface area contributed by atoms with E-state index in [1.54, 1.807) is 0 Å². The topological polar surface area (TPSA) is 86.9 Å². The van der Waals surface area contributed by atoms with Crippen LogP contribution in [0.4, 0.5) is 0 Å². The van der Waals surface area contributed by atoms with E-state index in [-0.39, 0.29) is 17.2 Å². The van der Waals surface area contributed by atoms with E-state index in [1.807, 2.05) is 19.9 Å². The van der Waals surface area contributed by atoms with Gasteiger partial charge in [-0.05, 0) is 19.9 Å². The Kier molecular flexibility index (Phi) is 4.56. The molecule has 1 aliphatic heterocycles. The molecule has 0 aliphatic carbocycles. The highest BCUT2D eigenvalue weighted by Crippen LogP contribution is 2.29. The summed E-state index contributed by atoms with van der Waals surface area (Å²) in [6.07, 6.45) is 0. The zero-order chi connectivity index (χ0) is 16.5. The minimum atomic E-state index is -0.476. The summed E-state index contributed by atoms with van der Waals surface area (Å²) in [6, 6.07) is 1.48. The first kappa shape index (κ1) is 16.9. The summed E-state index contributed by atoms with van der Waals surface area (Å²) in [7, 11) is 0. The zero-order valence-electron chi connectivity index (χ0n) is 13.7. The molecular formula is C15H24N4O2S. The van der Waals surface area contributed by atoms with E-state index in [0.717, 1.165) is 11.4 Å². The second-order valence-electron chi connectivity index (χ2n) is 7.09. The van der Waals surface area contributed by atoms with Crippen LogP contribution >= 0.6 is 11.8 Å². The average Bonchev–Trinajstić information content (AvgIpc) is 2.88. The number of aromatic nitrogens is 2. The lowest BCUT2D eigenvalue weighted by Gasteiger charge is -2.32. The maximum Gasteiger partial charge on any atom is 0.243 e. The van der Waals surface area contributed by atoms with Crippen LogP contribution in [-0.4, -0.2) is 38.6 Å². The van der Waals surface area contributed by atoms with Crippen LogP contribution in [0, 0.1) is 0 Å². The van der Waals surface area contributed by atoms with Crippen LogP contribution in [0.2, 0.25) is 0 Å². The molecule has 0 saturated carbocycles. The van der Waals surface area contributed by atoms with Gasteiger partial charge in [-0.2, -0.15) is 5.10 Å². The number of nitrogens with one attached hydrogen (secondary N) is 3. The fourth-order valence-corrected chi connectivity index (χ4v) is 3.02. The van der Waals surface area contributed by atoms with Crippen molar-refractivity contribution in [1.29, 1.82) is 0 Å². The molecule has 7 heteroatoms. The Labute approximate surface area is 135 Å². The summed E-state index contributed by atoms with van der Waals surface area (Å²) in [5, 5.41) is 12.8. The maximum atomic E-state index is 12.2. The predicted octanol–water partition coefficient (Wildman–Crippen LogP) is 1.33. The minimum absolute atomic E-state index is 0.0294. The maximum absolute atomic E-state index is 12.2. The van der Waals surface area contributed by atoms with Gasteiger partial charge in [-0.25, -0.2) is 0 Å². The second-order valence-corrected chi connectivity index (χ2v) is 8.74. The van der Waals surface area contributed by atoms with Crippen molar-refractivity contribution in [3.8, 4) is 0 Å². The van der Waals surface area contributed by atoms with Crippen molar-refractivity contribution in [2.45, 2.75) is 57.4 Å². The fraction of sp³-hybridized carbons (Fsp3) is 0.667. The van der Waals surface area contributed by atoms with Crippen LogP contribution in [0.3, 0.4) is 0 Å². The Bertz CT molecular complexity index is 574. The molecule has 0 radical (unpaired) electrons. The lowest BCUT2D eigenvalue weighted by molar-refractivity contribution is -0.129. The Balaban J connectivity index is 1.88. The number of carbonyl (C=O) groups excluding carboxylic acids is 2. The van der Waals surface area contributed by atoms with Gasteiger partial charge in [-0.3, -0.25) is 14.7 Å². The van der Waals surface area contributed by atoms with Crippen molar-refractivity contribution >= 4 is 23.6 Å². The van der Waals surface area contributed by atoms with E-state index in [9.17, 15) is 9.59 Å². The number of amides is 2. The van der Waals surface area contributed by atoms with Crippen molar-refractivity contribution in [3.63, 3.8) is 0 Å². The van der Waals surface area contributed by atoms with E-state index < -0.39 is 10.8 Å². The molecule has 1 saturated heterocycles. The number of H-pyrrole nitrogens is 1. The largest absolute Gasteiger partial charge is 0.349 e. The molecule has 122 valence electrons. The molecule has 1 atom stereocenters. The molecule has 2 rings (SSSR count). The van der Waals surface area contributed by atoms with Crippen molar-refractivity contribution in [1.82, 2.24) is 20.8 Å². The highest BCUT2D eigenvalue weighted by atomic mass is 32.2. The number of carbonyl (C=O) groups is 2. The molecule has 1 fully saturated rings. The fourth-order valence-electron chi connectivity index (χ4n) is 2.01. The summed E-state index contributed by atoms with van der Waals surface area (Å²) in [5.74, 6) is 0.324. The Morgan fingerprint density at radius 2 is 2.18 bits per heavy atom. The molecule has 0 bridgehead atoms. The molecule has 0 unspecified atom stereocenters. The lowest BCUT2D eigenvalue weighted by Crippen LogP contribution is -2.57. The molecule has 22 heavy (non-hydrogen) atoms. The van der Waals surface area contributed by atoms with Crippen molar-refractivity contribution in [2.75, 3.05) is 5.75 Å². The molecule has 2 amide bonds. The number of thioether (sulfide) groups is 1. The summed E-state index contributed by atoms with van der Waals surface area (Å²) in [4.78, 5) is 24.0. The van der Waals surface area contributed by atoms with E-state index in [1.165, 1.54) is 11.8 Å². The monoisotopic (exact) mass is 324 g/mol. The van der Waals surface area contributed by atoms with Gasteiger partial charge in [0, 0.05) is 11.2 Å². The van der Waals surface area contributed by atoms with Crippen molar-refractivity contribution in [2.24, 2.45) is 0 Å². The number of aromatic amines is 1. The third-order valence-corrected chi connectivity index (χ3v) is 5.04. The SMILES string of the molecule is CC1(C)SC[C@@H](C(=O)NCc2cc(C(C)(C)C)n[nH]2)NC1=O. The number of hydrogen-bond donors (Lipinski definition) is 3. The predicted molar refractivity (Wildman–Crippen MR) is 87.6 cm³/mol. The highest BCUT2D eigenvalue weighted by Gasteiger charge is 2.37. The van der Waals surface area contributed by atoms with Crippen LogP contribution in [-0.2, 0) is 21.5 Å². The Morgan fingerprint density at radius 1 is 1.50 bits per heavy atom. The molecule has 6 nitrogen and oxygen atoms in total. The molecule has 1 aromatic heterocycles. The third-order valence-electron chi connectivity index (χ3n) is 3.63. The summed E-state index contributed by atoms with van der Waals surface area (Å²) in [6.45, 7) is 10.4. The van der Waals surface area contributed by atoms with E-state index >= 15 is 0 Å². The quantitative estimate of drug-likeness (QED) is 0.783. The third kappa shape index (κ3) is 3.82. The van der Waals surface area contributed by atoms with Gasteiger partial charge in [0.1, 0.15) is 6.04 Å². The molecule has 1 aliphatic rings. The van der Waals surface area contributed by atoms with Gasteiger partial charge < -0.3 is 10.6 Å². The number of hydrogen-bond acceptors (Lipinski definition) is 4. The van der Waals surface area contributed by atoms with Gasteiger partial charge in [0.05, 0.1) is 22.7 Å². The van der Waals surface area contributed by atoms with Crippen LogP contribution in [0.5, 0.6) is 0 Å². The van der Waals surface area contributed by atoms with Gasteiger partial charge in [0.15, 0.2) is 0 Å². The number of rotatable bonds is 3. The van der Waals surface area contributed by atoms with Crippen LogP contribution in [0.1, 0.15) is 46.0 Å². The van der Waals surface area contributed by atoms with Gasteiger partial charge in [0.2, 0.25) is 11.8 Å². The second kappa shape index (κ2) is 5.95. The molecule has 1 aromatic rings. The van der Waals surface area contributed by atoms with Gasteiger partial charge in [-0.1, -0.05) is 20.8 Å². The first-order valence-electron chi connectivity index (χ1n) is 7.37. The van der Waals surface area contributed by atoms with E-state index in [4.69, 9.17) is 0 Å². The molecular weight excluding hydrogens is 300 g/mol. The summed E-state index contributed by atoms with van der Waals surface area (Å²) < 4.78 is -0.470. The molecule has 0 aromatic carbocycles. The number of nitrogens with zero attached hydrogens (tertiary/aromatic N) is 1. The minimum Gasteiger partial charge on any atom is -0.349 e. The van der Waals surface area contributed by atoms with E-state index in [2.05, 4.69) is 41.6 Å². The summed E-state index contributed by atoms with van der Waals surface area (Å²) >= 11 is 1.50. The molecule has 2 heterocycles. The smallest absolute Gasteiger partial charge is 0.243 e. The van der Waals surface area contributed by atoms with E-state index in [0.29, 0.717) is 12.3 Å². The van der Waals surface area contributed by atoms with Crippen LogP contribution in [0.15, 0.2) is 6.07 Å². The van der Waals surface area contributed by atoms with Gasteiger partial charge in [0.25, 0.3) is 0 Å². The zero-order valence-corrected chi connectivity index (χ0v) is 14.6. The van der Waals surface area contributed by atoms with Crippen molar-refractivity contribution in [3.05, 3.63) is 17.5 Å². The first-order chi connectivity index (χ1) is 10.1. The van der Waals surface area contributed by atoms with Crippen LogP contribution in [0.25, 0.3) is 0 Å². The Hall–Kier alpha value is -1.50. The molecule has 0 spiro atoms. The van der Waals surface area contributed by atoms with Gasteiger partial charge in [-0.15, -0.1) is 11.8 Å². The summed E-state index contributed by atoms with van der Waals surface area (Å²) in [5.41, 5.74) is 1.78. The molecule has 3 N–H and O–H groups in total. The van der Waals surface area contributed by atoms with Gasteiger partial charge >= 0.3 is 0 Å². The average molecular weight is 324 g/mol. The normalized spacial score (nSPS) is 21.3. The highest BCUT2D eigenvalue weighted by molar-refractivity contribution is 8.01. The first-order valence-corrected chi connectivity index (χ1v) is 8.35. The lowest BCUT2D eigenvalue weighted by atomic mass is 9.92. The van der Waals surface area contributed by atoms with Crippen LogP contribution < -0.4 is 10.6 Å². The van der Waals surface area contributed by atoms with Crippen molar-refractivity contribution < 1.29 is 9.59 Å². The standard InChI is InChI=1S/C15H24N4O2S/c1-14(2,3)11-6-9(18-19-11)7-16-12(20)10-8-22-15(4,5)13(21)17-10/h6,10H,7-8H2,1-5H3,(H,16,20)(H,17,21)(H,18,19)/t10-/m0/s1. The Morgan fingerprint density at radius 3 is 2.73 bits per heavy atom.